The van der Waals surface area contributed by atoms with Crippen LogP contribution in [0.3, 0.4) is 0 Å². The third-order valence-electron chi connectivity index (χ3n) is 5.22. The third kappa shape index (κ3) is 5.28. The lowest BCUT2D eigenvalue weighted by molar-refractivity contribution is -0.385. The number of aromatic nitrogens is 3. The number of hydrogen-bond donors (Lipinski definition) is 0. The van der Waals surface area contributed by atoms with Crippen LogP contribution in [0.25, 0.3) is 11.4 Å². The van der Waals surface area contributed by atoms with Gasteiger partial charge in [0.1, 0.15) is 5.82 Å². The summed E-state index contributed by atoms with van der Waals surface area (Å²) in [5.41, 5.74) is 0.0633. The average Bonchev–Trinajstić information content (AvgIpc) is 3.52. The highest BCUT2D eigenvalue weighted by molar-refractivity contribution is 7.71. The van der Waals surface area contributed by atoms with Crippen molar-refractivity contribution in [1.82, 2.24) is 19.2 Å². The highest BCUT2D eigenvalue weighted by atomic mass is 32.1. The average molecular weight is 481 g/mol. The first-order chi connectivity index (χ1) is 15.6. The molecule has 0 spiro atoms. The molecule has 0 bridgehead atoms. The maximum atomic E-state index is 14.5. The molecule has 0 radical (unpaired) electrons. The van der Waals surface area contributed by atoms with Crippen LogP contribution in [0.4, 0.5) is 23.2 Å². The smallest absolute Gasteiger partial charge is 0.297 e. The molecule has 12 heteroatoms. The molecule has 7 nitrogen and oxygen atoms in total. The molecule has 1 saturated carbocycles. The van der Waals surface area contributed by atoms with Gasteiger partial charge in [-0.05, 0) is 37.2 Å². The second-order valence-electron chi connectivity index (χ2n) is 7.82. The fourth-order valence-electron chi connectivity index (χ4n) is 3.66. The van der Waals surface area contributed by atoms with E-state index < -0.39 is 23.5 Å². The van der Waals surface area contributed by atoms with Crippen LogP contribution in [-0.2, 0) is 13.2 Å². The van der Waals surface area contributed by atoms with Crippen molar-refractivity contribution >= 4 is 17.9 Å². The third-order valence-corrected chi connectivity index (χ3v) is 5.62. The Hall–Kier alpha value is -3.12. The predicted octanol–water partition coefficient (Wildman–Crippen LogP) is 5.49. The van der Waals surface area contributed by atoms with E-state index in [1.165, 1.54) is 47.1 Å². The minimum Gasteiger partial charge on any atom is -0.297 e. The number of nitro benzene ring substituents is 1. The lowest BCUT2D eigenvalue weighted by atomic mass is 10.1. The van der Waals surface area contributed by atoms with Crippen LogP contribution in [0, 0.1) is 20.7 Å². The van der Waals surface area contributed by atoms with Gasteiger partial charge in [-0.25, -0.2) is 9.07 Å². The second kappa shape index (κ2) is 9.02. The predicted molar refractivity (Wildman–Crippen MR) is 114 cm³/mol. The van der Waals surface area contributed by atoms with Crippen LogP contribution in [0.15, 0.2) is 48.5 Å². The van der Waals surface area contributed by atoms with E-state index >= 15 is 0 Å². The van der Waals surface area contributed by atoms with Crippen molar-refractivity contribution in [2.75, 3.05) is 6.54 Å². The van der Waals surface area contributed by atoms with Gasteiger partial charge < -0.3 is 0 Å². The Morgan fingerprint density at radius 3 is 2.45 bits per heavy atom. The van der Waals surface area contributed by atoms with Gasteiger partial charge in [0, 0.05) is 24.2 Å². The molecular formula is C21H19F4N5O2S. The molecule has 4 rings (SSSR count). The van der Waals surface area contributed by atoms with Gasteiger partial charge in [0.2, 0.25) is 0 Å². The molecule has 174 valence electrons. The number of halogens is 4. The summed E-state index contributed by atoms with van der Waals surface area (Å²) in [5.74, 6) is -0.267. The van der Waals surface area contributed by atoms with Crippen molar-refractivity contribution in [3.8, 4) is 11.4 Å². The molecule has 1 aromatic heterocycles. The first-order valence-electron chi connectivity index (χ1n) is 10.1. The Morgan fingerprint density at radius 2 is 1.82 bits per heavy atom. The lowest BCUT2D eigenvalue weighted by Gasteiger charge is -2.23. The summed E-state index contributed by atoms with van der Waals surface area (Å²) in [6.07, 6.45) is -2.94. The van der Waals surface area contributed by atoms with Crippen LogP contribution in [0.2, 0.25) is 0 Å². The monoisotopic (exact) mass is 481 g/mol. The summed E-state index contributed by atoms with van der Waals surface area (Å²) in [4.78, 5) is 11.7. The van der Waals surface area contributed by atoms with Crippen LogP contribution >= 0.6 is 12.2 Å². The minimum absolute atomic E-state index is 0.00660. The van der Waals surface area contributed by atoms with E-state index in [2.05, 4.69) is 5.10 Å². The summed E-state index contributed by atoms with van der Waals surface area (Å²) in [6.45, 7) is -2.04. The highest BCUT2D eigenvalue weighted by Gasteiger charge is 2.34. The zero-order valence-corrected chi connectivity index (χ0v) is 18.0. The van der Waals surface area contributed by atoms with E-state index in [4.69, 9.17) is 12.2 Å². The van der Waals surface area contributed by atoms with Gasteiger partial charge in [-0.3, -0.25) is 19.6 Å². The standard InChI is InChI=1S/C21H19F4N5O2S/c22-17-7-3-2-6-16(17)19-26-28(20(33)29(19)15-9-10-15)13-27(12-21(23,24)25)11-14-5-1-4-8-18(14)30(31)32/h1-8,15H,9-13H2. The fraction of sp³-hybridized carbons (Fsp3) is 0.333. The number of hydrogen-bond acceptors (Lipinski definition) is 5. The number of benzene rings is 2. The Bertz CT molecular complexity index is 1240. The molecular weight excluding hydrogens is 462 g/mol. The Kier molecular flexibility index (Phi) is 6.30. The van der Waals surface area contributed by atoms with Crippen molar-refractivity contribution in [2.24, 2.45) is 0 Å². The van der Waals surface area contributed by atoms with Crippen LogP contribution < -0.4 is 0 Å². The number of alkyl halides is 3. The quantitative estimate of drug-likeness (QED) is 0.184. The first-order valence-corrected chi connectivity index (χ1v) is 10.5. The molecule has 1 aliphatic rings. The lowest BCUT2D eigenvalue weighted by Crippen LogP contribution is -2.35. The minimum atomic E-state index is -4.56. The molecule has 0 aliphatic heterocycles. The zero-order chi connectivity index (χ0) is 23.8. The van der Waals surface area contributed by atoms with Gasteiger partial charge in [0.25, 0.3) is 5.69 Å². The molecule has 0 saturated heterocycles. The summed E-state index contributed by atoms with van der Waals surface area (Å²) in [5, 5.41) is 15.7. The van der Waals surface area contributed by atoms with Crippen LogP contribution in [-0.4, -0.2) is 36.9 Å². The molecule has 1 fully saturated rings. The molecule has 0 unspecified atom stereocenters. The van der Waals surface area contributed by atoms with E-state index in [0.717, 1.165) is 17.7 Å². The molecule has 33 heavy (non-hydrogen) atoms. The molecule has 1 heterocycles. The molecule has 1 aliphatic carbocycles. The molecule has 0 N–H and O–H groups in total. The van der Waals surface area contributed by atoms with Gasteiger partial charge >= 0.3 is 6.18 Å². The van der Waals surface area contributed by atoms with Crippen molar-refractivity contribution in [1.29, 1.82) is 0 Å². The summed E-state index contributed by atoms with van der Waals surface area (Å²) < 4.78 is 57.5. The van der Waals surface area contributed by atoms with Crippen molar-refractivity contribution in [2.45, 2.75) is 38.3 Å². The van der Waals surface area contributed by atoms with E-state index in [1.807, 2.05) is 0 Å². The maximum absolute atomic E-state index is 14.5. The SMILES string of the molecule is O=[N+]([O-])c1ccccc1CN(Cn1nc(-c2ccccc2F)n(C2CC2)c1=S)CC(F)(F)F. The molecule has 3 aromatic rings. The largest absolute Gasteiger partial charge is 0.401 e. The van der Waals surface area contributed by atoms with Crippen molar-refractivity contribution in [3.05, 3.63) is 74.8 Å². The number of rotatable bonds is 8. The highest BCUT2D eigenvalue weighted by Crippen LogP contribution is 2.39. The van der Waals surface area contributed by atoms with Crippen molar-refractivity contribution in [3.63, 3.8) is 0 Å². The molecule has 0 atom stereocenters. The summed E-state index contributed by atoms with van der Waals surface area (Å²) in [7, 11) is 0. The normalized spacial score (nSPS) is 14.1. The molecule has 0 amide bonds. The number of nitrogens with zero attached hydrogens (tertiary/aromatic N) is 5. The van der Waals surface area contributed by atoms with E-state index in [1.54, 1.807) is 10.6 Å². The fourth-order valence-corrected chi connectivity index (χ4v) is 4.00. The van der Waals surface area contributed by atoms with Gasteiger partial charge in [-0.1, -0.05) is 30.3 Å². The molecule has 2 aromatic carbocycles. The Balaban J connectivity index is 1.71. The van der Waals surface area contributed by atoms with E-state index in [-0.39, 0.29) is 46.7 Å². The topological polar surface area (TPSA) is 69.1 Å². The van der Waals surface area contributed by atoms with E-state index in [0.29, 0.717) is 0 Å². The zero-order valence-electron chi connectivity index (χ0n) is 17.2. The van der Waals surface area contributed by atoms with Crippen molar-refractivity contribution < 1.29 is 22.5 Å². The summed E-state index contributed by atoms with van der Waals surface area (Å²) >= 11 is 5.49. The Labute approximate surface area is 191 Å². The van der Waals surface area contributed by atoms with Gasteiger partial charge in [-0.15, -0.1) is 0 Å². The van der Waals surface area contributed by atoms with Crippen LogP contribution in [0.1, 0.15) is 24.4 Å². The second-order valence-corrected chi connectivity index (χ2v) is 8.18. The van der Waals surface area contributed by atoms with Gasteiger partial charge in [0.05, 0.1) is 23.7 Å². The first kappa shape index (κ1) is 23.1. The summed E-state index contributed by atoms with van der Waals surface area (Å²) in [6, 6.07) is 11.6. The maximum Gasteiger partial charge on any atom is 0.401 e. The number of nitro groups is 1. The Morgan fingerprint density at radius 1 is 1.15 bits per heavy atom. The van der Waals surface area contributed by atoms with Gasteiger partial charge in [0.15, 0.2) is 10.6 Å². The van der Waals surface area contributed by atoms with Gasteiger partial charge in [-0.2, -0.15) is 18.3 Å². The number of para-hydroxylation sites is 1. The van der Waals surface area contributed by atoms with Crippen LogP contribution in [0.5, 0.6) is 0 Å². The van der Waals surface area contributed by atoms with E-state index in [9.17, 15) is 27.7 Å².